The van der Waals surface area contributed by atoms with Crippen molar-refractivity contribution in [1.82, 2.24) is 10.3 Å². The Balaban J connectivity index is 2.31. The quantitative estimate of drug-likeness (QED) is 0.534. The molecule has 0 atom stereocenters. The second kappa shape index (κ2) is 8.43. The lowest BCUT2D eigenvalue weighted by Crippen LogP contribution is -2.19. The van der Waals surface area contributed by atoms with E-state index in [1.54, 1.807) is 19.4 Å². The molecule has 1 aromatic heterocycles. The summed E-state index contributed by atoms with van der Waals surface area (Å²) in [4.78, 5) is 15.1. The molecule has 0 amide bonds. The second-order valence-corrected chi connectivity index (χ2v) is 3.52. The molecule has 100 valence electrons. The summed E-state index contributed by atoms with van der Waals surface area (Å²) in [5, 5.41) is 3.18. The highest BCUT2D eigenvalue weighted by Gasteiger charge is 2.02. The van der Waals surface area contributed by atoms with Crippen LogP contribution in [0.15, 0.2) is 18.3 Å². The van der Waals surface area contributed by atoms with Crippen LogP contribution in [0.4, 0.5) is 0 Å². The van der Waals surface area contributed by atoms with Gasteiger partial charge < -0.3 is 19.5 Å². The van der Waals surface area contributed by atoms with Crippen molar-refractivity contribution < 1.29 is 19.0 Å². The zero-order chi connectivity index (χ0) is 13.2. The minimum Gasteiger partial charge on any atom is -0.480 e. The molecule has 0 saturated heterocycles. The van der Waals surface area contributed by atoms with Gasteiger partial charge in [0.05, 0.1) is 25.6 Å². The van der Waals surface area contributed by atoms with Crippen molar-refractivity contribution in [2.75, 3.05) is 34.0 Å². The fourth-order valence-electron chi connectivity index (χ4n) is 1.19. The van der Waals surface area contributed by atoms with Gasteiger partial charge in [-0.05, 0) is 12.1 Å². The van der Waals surface area contributed by atoms with E-state index in [1.807, 2.05) is 6.07 Å². The zero-order valence-corrected chi connectivity index (χ0v) is 10.6. The van der Waals surface area contributed by atoms with Gasteiger partial charge >= 0.3 is 5.97 Å². The molecule has 1 aromatic rings. The van der Waals surface area contributed by atoms with Gasteiger partial charge in [0.1, 0.15) is 5.75 Å². The molecule has 0 aliphatic heterocycles. The lowest BCUT2D eigenvalue weighted by Gasteiger charge is -2.06. The topological polar surface area (TPSA) is 69.7 Å². The number of nitrogens with zero attached hydrogens (tertiary/aromatic N) is 1. The van der Waals surface area contributed by atoms with Crippen LogP contribution in [-0.4, -0.2) is 44.9 Å². The number of methoxy groups -OCH3 is 2. The van der Waals surface area contributed by atoms with E-state index in [0.29, 0.717) is 18.9 Å². The van der Waals surface area contributed by atoms with Gasteiger partial charge in [-0.15, -0.1) is 0 Å². The van der Waals surface area contributed by atoms with Crippen LogP contribution in [-0.2, 0) is 20.8 Å². The summed E-state index contributed by atoms with van der Waals surface area (Å²) in [5.41, 5.74) is 0.900. The SMILES string of the molecule is COCCNCc1ccc(OCC(=O)OC)cn1. The summed E-state index contributed by atoms with van der Waals surface area (Å²) < 4.78 is 14.6. The molecule has 0 spiro atoms. The minimum absolute atomic E-state index is 0.108. The molecule has 0 aliphatic rings. The van der Waals surface area contributed by atoms with Gasteiger partial charge in [-0.25, -0.2) is 4.79 Å². The van der Waals surface area contributed by atoms with Crippen molar-refractivity contribution in [3.8, 4) is 5.75 Å². The molecule has 6 nitrogen and oxygen atoms in total. The highest BCUT2D eigenvalue weighted by Crippen LogP contribution is 2.08. The third kappa shape index (κ3) is 5.60. The summed E-state index contributed by atoms with van der Waals surface area (Å²) in [6.45, 7) is 2.00. The van der Waals surface area contributed by atoms with Gasteiger partial charge in [-0.1, -0.05) is 0 Å². The Labute approximate surface area is 106 Å². The first-order valence-electron chi connectivity index (χ1n) is 5.60. The van der Waals surface area contributed by atoms with Gasteiger partial charge in [0.25, 0.3) is 0 Å². The molecule has 0 fully saturated rings. The first kappa shape index (κ1) is 14.4. The molecule has 0 aromatic carbocycles. The number of esters is 1. The van der Waals surface area contributed by atoms with Crippen LogP contribution in [0, 0.1) is 0 Å². The van der Waals surface area contributed by atoms with Gasteiger partial charge in [0.2, 0.25) is 0 Å². The summed E-state index contributed by atoms with van der Waals surface area (Å²) >= 11 is 0. The van der Waals surface area contributed by atoms with E-state index in [-0.39, 0.29) is 6.61 Å². The molecule has 1 heterocycles. The summed E-state index contributed by atoms with van der Waals surface area (Å²) in [5.74, 6) is 0.126. The Hall–Kier alpha value is -1.66. The first-order valence-corrected chi connectivity index (χ1v) is 5.60. The van der Waals surface area contributed by atoms with Gasteiger partial charge in [0.15, 0.2) is 6.61 Å². The molecule has 0 aliphatic carbocycles. The first-order chi connectivity index (χ1) is 8.76. The van der Waals surface area contributed by atoms with Crippen LogP contribution >= 0.6 is 0 Å². The number of carbonyl (C=O) groups is 1. The molecule has 0 saturated carbocycles. The largest absolute Gasteiger partial charge is 0.480 e. The van der Waals surface area contributed by atoms with Crippen molar-refractivity contribution in [2.45, 2.75) is 6.54 Å². The van der Waals surface area contributed by atoms with E-state index >= 15 is 0 Å². The number of hydrogen-bond donors (Lipinski definition) is 1. The highest BCUT2D eigenvalue weighted by atomic mass is 16.6. The van der Waals surface area contributed by atoms with E-state index in [4.69, 9.17) is 9.47 Å². The smallest absolute Gasteiger partial charge is 0.343 e. The van der Waals surface area contributed by atoms with Crippen molar-refractivity contribution >= 4 is 5.97 Å². The second-order valence-electron chi connectivity index (χ2n) is 3.52. The Morgan fingerprint density at radius 1 is 1.39 bits per heavy atom. The van der Waals surface area contributed by atoms with Crippen LogP contribution in [0.25, 0.3) is 0 Å². The fraction of sp³-hybridized carbons (Fsp3) is 0.500. The average Bonchev–Trinajstić information content (AvgIpc) is 2.42. The Kier molecular flexibility index (Phi) is 6.75. The maximum atomic E-state index is 10.9. The summed E-state index contributed by atoms with van der Waals surface area (Å²) in [6.07, 6.45) is 1.58. The van der Waals surface area contributed by atoms with Crippen molar-refractivity contribution in [3.05, 3.63) is 24.0 Å². The highest BCUT2D eigenvalue weighted by molar-refractivity contribution is 5.70. The monoisotopic (exact) mass is 254 g/mol. The average molecular weight is 254 g/mol. The number of aromatic nitrogens is 1. The molecule has 0 bridgehead atoms. The third-order valence-electron chi connectivity index (χ3n) is 2.17. The number of nitrogens with one attached hydrogen (secondary N) is 1. The van der Waals surface area contributed by atoms with Crippen LogP contribution in [0.3, 0.4) is 0 Å². The van der Waals surface area contributed by atoms with E-state index in [9.17, 15) is 4.79 Å². The maximum Gasteiger partial charge on any atom is 0.343 e. The maximum absolute atomic E-state index is 10.9. The van der Waals surface area contributed by atoms with Crippen LogP contribution in [0.2, 0.25) is 0 Å². The molecule has 0 unspecified atom stereocenters. The predicted octanol–water partition coefficient (Wildman–Crippen LogP) is 0.369. The Morgan fingerprint density at radius 3 is 2.83 bits per heavy atom. The molecule has 18 heavy (non-hydrogen) atoms. The molecular formula is C12H18N2O4. The molecule has 1 rings (SSSR count). The van der Waals surface area contributed by atoms with Gasteiger partial charge in [0, 0.05) is 20.2 Å². The number of carbonyl (C=O) groups excluding carboxylic acids is 1. The normalized spacial score (nSPS) is 10.1. The van der Waals surface area contributed by atoms with Gasteiger partial charge in [-0.3, -0.25) is 4.98 Å². The zero-order valence-electron chi connectivity index (χ0n) is 10.6. The van der Waals surface area contributed by atoms with Crippen LogP contribution in [0.5, 0.6) is 5.75 Å². The van der Waals surface area contributed by atoms with Gasteiger partial charge in [-0.2, -0.15) is 0 Å². The third-order valence-corrected chi connectivity index (χ3v) is 2.17. The number of pyridine rings is 1. The van der Waals surface area contributed by atoms with Crippen molar-refractivity contribution in [2.24, 2.45) is 0 Å². The van der Waals surface area contributed by atoms with E-state index < -0.39 is 5.97 Å². The van der Waals surface area contributed by atoms with Crippen molar-refractivity contribution in [1.29, 1.82) is 0 Å². The van der Waals surface area contributed by atoms with E-state index in [2.05, 4.69) is 15.0 Å². The number of hydrogen-bond acceptors (Lipinski definition) is 6. The molecule has 0 radical (unpaired) electrons. The van der Waals surface area contributed by atoms with Crippen LogP contribution in [0.1, 0.15) is 5.69 Å². The number of rotatable bonds is 8. The lowest BCUT2D eigenvalue weighted by atomic mass is 10.3. The predicted molar refractivity (Wildman–Crippen MR) is 65.3 cm³/mol. The fourth-order valence-corrected chi connectivity index (χ4v) is 1.19. The lowest BCUT2D eigenvalue weighted by molar-refractivity contribution is -0.142. The van der Waals surface area contributed by atoms with E-state index in [1.165, 1.54) is 7.11 Å². The Bertz CT molecular complexity index is 354. The minimum atomic E-state index is -0.416. The molecular weight excluding hydrogens is 236 g/mol. The van der Waals surface area contributed by atoms with Crippen molar-refractivity contribution in [3.63, 3.8) is 0 Å². The van der Waals surface area contributed by atoms with E-state index in [0.717, 1.165) is 12.2 Å². The molecule has 1 N–H and O–H groups in total. The Morgan fingerprint density at radius 2 is 2.22 bits per heavy atom. The summed E-state index contributed by atoms with van der Waals surface area (Å²) in [6, 6.07) is 3.61. The van der Waals surface area contributed by atoms with Crippen LogP contribution < -0.4 is 10.1 Å². The standard InChI is InChI=1S/C12H18N2O4/c1-16-6-5-13-7-10-3-4-11(8-14-10)18-9-12(15)17-2/h3-4,8,13H,5-7,9H2,1-2H3. The number of ether oxygens (including phenoxy) is 3. The molecule has 6 heteroatoms. The summed E-state index contributed by atoms with van der Waals surface area (Å²) in [7, 11) is 2.98.